The lowest BCUT2D eigenvalue weighted by Gasteiger charge is -2.20. The number of amides is 1. The predicted molar refractivity (Wildman–Crippen MR) is 67.4 cm³/mol. The van der Waals surface area contributed by atoms with Gasteiger partial charge in [0.15, 0.2) is 0 Å². The Kier molecular flexibility index (Phi) is 2.87. The summed E-state index contributed by atoms with van der Waals surface area (Å²) in [5.41, 5.74) is 6.43. The Labute approximate surface area is 110 Å². The summed E-state index contributed by atoms with van der Waals surface area (Å²) in [6.45, 7) is 0. The average molecular weight is 268 g/mol. The highest BCUT2D eigenvalue weighted by molar-refractivity contribution is 6.29. The quantitative estimate of drug-likeness (QED) is 0.794. The predicted octanol–water partition coefficient (Wildman–Crippen LogP) is 1.37. The number of ether oxygens (including phenoxy) is 1. The van der Waals surface area contributed by atoms with Crippen molar-refractivity contribution in [2.24, 2.45) is 0 Å². The summed E-state index contributed by atoms with van der Waals surface area (Å²) in [5.74, 6) is -0.210. The second-order valence-corrected chi connectivity index (χ2v) is 5.17. The van der Waals surface area contributed by atoms with Crippen LogP contribution in [0.4, 0.5) is 5.69 Å². The standard InChI is InChI=1S/C12H14ClN3O2/c13-11-4-7(8(14)5-15-11)12(17)16-9-3-6-1-2-10(9)18-6/h4-6,9-10H,1-3,14H2,(H,16,17). The van der Waals surface area contributed by atoms with E-state index in [1.54, 1.807) is 0 Å². The van der Waals surface area contributed by atoms with Crippen molar-refractivity contribution in [1.29, 1.82) is 0 Å². The molecule has 0 radical (unpaired) electrons. The highest BCUT2D eigenvalue weighted by Gasteiger charge is 2.41. The Balaban J connectivity index is 1.73. The first kappa shape index (κ1) is 11.7. The van der Waals surface area contributed by atoms with Crippen LogP contribution in [0, 0.1) is 0 Å². The van der Waals surface area contributed by atoms with E-state index in [9.17, 15) is 4.79 Å². The molecule has 2 saturated heterocycles. The summed E-state index contributed by atoms with van der Waals surface area (Å²) in [6.07, 6.45) is 4.85. The third-order valence-electron chi connectivity index (χ3n) is 3.57. The number of carbonyl (C=O) groups is 1. The number of carbonyl (C=O) groups excluding carboxylic acids is 1. The second-order valence-electron chi connectivity index (χ2n) is 4.78. The first-order chi connectivity index (χ1) is 8.63. The minimum absolute atomic E-state index is 0.0857. The Hall–Kier alpha value is -1.33. The number of fused-ring (bicyclic) bond motifs is 2. The molecule has 3 atom stereocenters. The molecule has 1 amide bonds. The lowest BCUT2D eigenvalue weighted by atomic mass is 9.95. The van der Waals surface area contributed by atoms with Crippen molar-refractivity contribution in [2.45, 2.75) is 37.5 Å². The van der Waals surface area contributed by atoms with Gasteiger partial charge in [0.2, 0.25) is 0 Å². The van der Waals surface area contributed by atoms with Crippen LogP contribution in [0.1, 0.15) is 29.6 Å². The van der Waals surface area contributed by atoms with Crippen LogP contribution in [0.3, 0.4) is 0 Å². The molecule has 0 spiro atoms. The molecule has 2 fully saturated rings. The number of anilines is 1. The van der Waals surface area contributed by atoms with Crippen molar-refractivity contribution in [3.63, 3.8) is 0 Å². The van der Waals surface area contributed by atoms with E-state index < -0.39 is 0 Å². The van der Waals surface area contributed by atoms with Crippen LogP contribution in [0.25, 0.3) is 0 Å². The molecule has 96 valence electrons. The van der Waals surface area contributed by atoms with Crippen LogP contribution in [0.2, 0.25) is 5.15 Å². The molecule has 18 heavy (non-hydrogen) atoms. The monoisotopic (exact) mass is 267 g/mol. The minimum Gasteiger partial charge on any atom is -0.397 e. The van der Waals surface area contributed by atoms with Gasteiger partial charge in [-0.2, -0.15) is 0 Å². The number of nitrogens with two attached hydrogens (primary N) is 1. The average Bonchev–Trinajstić information content (AvgIpc) is 2.94. The molecule has 0 aliphatic carbocycles. The number of rotatable bonds is 2. The molecule has 2 bridgehead atoms. The highest BCUT2D eigenvalue weighted by atomic mass is 35.5. The number of nitrogens with one attached hydrogen (secondary N) is 1. The first-order valence-corrected chi connectivity index (χ1v) is 6.38. The number of pyridine rings is 1. The van der Waals surface area contributed by atoms with Crippen molar-refractivity contribution >= 4 is 23.2 Å². The SMILES string of the molecule is Nc1cnc(Cl)cc1C(=O)NC1CC2CCC1O2. The molecule has 2 aliphatic heterocycles. The lowest BCUT2D eigenvalue weighted by molar-refractivity contribution is 0.0841. The number of halogens is 1. The Morgan fingerprint density at radius 1 is 1.56 bits per heavy atom. The van der Waals surface area contributed by atoms with E-state index in [0.717, 1.165) is 19.3 Å². The van der Waals surface area contributed by atoms with Gasteiger partial charge in [0.1, 0.15) is 5.15 Å². The van der Waals surface area contributed by atoms with Gasteiger partial charge >= 0.3 is 0 Å². The summed E-state index contributed by atoms with van der Waals surface area (Å²) in [7, 11) is 0. The first-order valence-electron chi connectivity index (χ1n) is 6.01. The van der Waals surface area contributed by atoms with Crippen LogP contribution in [0.15, 0.2) is 12.3 Å². The number of nitrogen functional groups attached to an aromatic ring is 1. The number of nitrogens with zero attached hydrogens (tertiary/aromatic N) is 1. The topological polar surface area (TPSA) is 77.2 Å². The molecule has 3 rings (SSSR count). The molecule has 3 heterocycles. The molecule has 0 aromatic carbocycles. The summed E-state index contributed by atoms with van der Waals surface area (Å²) in [4.78, 5) is 15.9. The van der Waals surface area contributed by atoms with E-state index in [1.165, 1.54) is 12.3 Å². The fraction of sp³-hybridized carbons (Fsp3) is 0.500. The summed E-state index contributed by atoms with van der Waals surface area (Å²) < 4.78 is 5.69. The van der Waals surface area contributed by atoms with Gasteiger partial charge in [-0.1, -0.05) is 11.6 Å². The van der Waals surface area contributed by atoms with Crippen molar-refractivity contribution in [3.8, 4) is 0 Å². The van der Waals surface area contributed by atoms with Crippen LogP contribution in [0.5, 0.6) is 0 Å². The molecule has 5 nitrogen and oxygen atoms in total. The molecule has 6 heteroatoms. The maximum Gasteiger partial charge on any atom is 0.253 e. The van der Waals surface area contributed by atoms with E-state index in [2.05, 4.69) is 10.3 Å². The van der Waals surface area contributed by atoms with E-state index >= 15 is 0 Å². The van der Waals surface area contributed by atoms with Gasteiger partial charge in [-0.25, -0.2) is 4.98 Å². The Morgan fingerprint density at radius 2 is 2.39 bits per heavy atom. The van der Waals surface area contributed by atoms with Crippen LogP contribution < -0.4 is 11.1 Å². The van der Waals surface area contributed by atoms with Crippen molar-refractivity contribution in [2.75, 3.05) is 5.73 Å². The van der Waals surface area contributed by atoms with Crippen LogP contribution in [-0.4, -0.2) is 29.1 Å². The fourth-order valence-electron chi connectivity index (χ4n) is 2.67. The van der Waals surface area contributed by atoms with Crippen molar-refractivity contribution in [3.05, 3.63) is 23.0 Å². The summed E-state index contributed by atoms with van der Waals surface area (Å²) in [5, 5.41) is 3.23. The van der Waals surface area contributed by atoms with E-state index in [-0.39, 0.29) is 23.2 Å². The van der Waals surface area contributed by atoms with Gasteiger partial charge in [-0.3, -0.25) is 4.79 Å². The molecule has 1 aromatic rings. The summed E-state index contributed by atoms with van der Waals surface area (Å²) in [6, 6.07) is 1.57. The second kappa shape index (κ2) is 4.40. The van der Waals surface area contributed by atoms with Gasteiger partial charge in [-0.15, -0.1) is 0 Å². The molecular formula is C12H14ClN3O2. The maximum absolute atomic E-state index is 12.1. The normalized spacial score (nSPS) is 29.5. The third-order valence-corrected chi connectivity index (χ3v) is 3.78. The number of hydrogen-bond acceptors (Lipinski definition) is 4. The van der Waals surface area contributed by atoms with E-state index in [0.29, 0.717) is 17.4 Å². The molecule has 3 unspecified atom stereocenters. The molecule has 0 saturated carbocycles. The van der Waals surface area contributed by atoms with Crippen molar-refractivity contribution < 1.29 is 9.53 Å². The van der Waals surface area contributed by atoms with Crippen molar-refractivity contribution in [1.82, 2.24) is 10.3 Å². The highest BCUT2D eigenvalue weighted by Crippen LogP contribution is 2.34. The molecule has 3 N–H and O–H groups in total. The molecule has 1 aromatic heterocycles. The zero-order valence-electron chi connectivity index (χ0n) is 9.73. The Morgan fingerprint density at radius 3 is 3.06 bits per heavy atom. The Bertz CT molecular complexity index is 494. The van der Waals surface area contributed by atoms with E-state index in [4.69, 9.17) is 22.1 Å². The fourth-order valence-corrected chi connectivity index (χ4v) is 2.83. The molecular weight excluding hydrogens is 254 g/mol. The van der Waals surface area contributed by atoms with Crippen LogP contribution in [-0.2, 0) is 4.74 Å². The lowest BCUT2D eigenvalue weighted by Crippen LogP contribution is -2.41. The zero-order chi connectivity index (χ0) is 12.7. The van der Waals surface area contributed by atoms with Gasteiger partial charge in [0, 0.05) is 0 Å². The van der Waals surface area contributed by atoms with Gasteiger partial charge < -0.3 is 15.8 Å². The number of hydrogen-bond donors (Lipinski definition) is 2. The van der Waals surface area contributed by atoms with E-state index in [1.807, 2.05) is 0 Å². The third kappa shape index (κ3) is 2.04. The van der Waals surface area contributed by atoms with Crippen LogP contribution >= 0.6 is 11.6 Å². The summed E-state index contributed by atoms with van der Waals surface area (Å²) >= 11 is 5.77. The number of aromatic nitrogens is 1. The minimum atomic E-state index is -0.210. The van der Waals surface area contributed by atoms with Gasteiger partial charge in [0.05, 0.1) is 35.7 Å². The maximum atomic E-state index is 12.1. The zero-order valence-corrected chi connectivity index (χ0v) is 10.5. The van der Waals surface area contributed by atoms with Gasteiger partial charge in [-0.05, 0) is 25.3 Å². The van der Waals surface area contributed by atoms with Gasteiger partial charge in [0.25, 0.3) is 5.91 Å². The largest absolute Gasteiger partial charge is 0.397 e. The molecule has 2 aliphatic rings. The smallest absolute Gasteiger partial charge is 0.253 e.